The number of carbonyl (C=O) groups is 19. The summed E-state index contributed by atoms with van der Waals surface area (Å²) in [5.74, 6) is -22.4. The van der Waals surface area contributed by atoms with Gasteiger partial charge in [0.25, 0.3) is 0 Å². The predicted octanol–water partition coefficient (Wildman–Crippen LogP) is -7.01. The maximum absolute atomic E-state index is 15.9. The normalized spacial score (nSPS) is 19.1. The number of aliphatic hydroxyl groups excluding tert-OH is 1. The van der Waals surface area contributed by atoms with E-state index >= 15 is 28.8 Å². The van der Waals surface area contributed by atoms with Crippen molar-refractivity contribution in [2.75, 3.05) is 44.4 Å². The summed E-state index contributed by atoms with van der Waals surface area (Å²) in [5, 5.41) is 66.1. The highest BCUT2D eigenvalue weighted by Gasteiger charge is 2.46. The van der Waals surface area contributed by atoms with Crippen LogP contribution < -0.4 is 119 Å². The first-order valence-corrected chi connectivity index (χ1v) is 43.3. The van der Waals surface area contributed by atoms with E-state index in [0.29, 0.717) is 45.1 Å². The van der Waals surface area contributed by atoms with Crippen molar-refractivity contribution in [3.8, 4) is 5.75 Å². The fourth-order valence-electron chi connectivity index (χ4n) is 14.3. The lowest BCUT2D eigenvalue weighted by atomic mass is 9.87. The number of amides is 18. The highest BCUT2D eigenvalue weighted by molar-refractivity contribution is 7.99. The third kappa shape index (κ3) is 33.8. The molecule has 2 aliphatic heterocycles. The van der Waals surface area contributed by atoms with Gasteiger partial charge in [-0.05, 0) is 103 Å². The number of carbonyl (C=O) groups excluding carboxylic acids is 18. The minimum Gasteiger partial charge on any atom is -0.492 e. The lowest BCUT2D eigenvalue weighted by molar-refractivity contribution is -0.142. The lowest BCUT2D eigenvalue weighted by Crippen LogP contribution is -2.67. The van der Waals surface area contributed by atoms with Crippen LogP contribution in [0, 0.1) is 5.41 Å². The number of benzene rings is 4. The molecule has 2 aliphatic rings. The van der Waals surface area contributed by atoms with Crippen LogP contribution in [-0.4, -0.2) is 262 Å². The van der Waals surface area contributed by atoms with Crippen LogP contribution in [0.3, 0.4) is 0 Å². The largest absolute Gasteiger partial charge is 0.492 e. The van der Waals surface area contributed by atoms with Gasteiger partial charge in [0.2, 0.25) is 106 Å². The number of aliphatic carboxylic acids is 1. The number of fused-ring (bicyclic) bond motifs is 2. The molecule has 1 aromatic heterocycles. The second kappa shape index (κ2) is 51.2. The van der Waals surface area contributed by atoms with Gasteiger partial charge in [-0.1, -0.05) is 72.8 Å². The summed E-state index contributed by atoms with van der Waals surface area (Å²) < 4.78 is 11.4. The molecular weight excluding hydrogens is 1730 g/mol. The molecule has 0 bridgehead atoms. The van der Waals surface area contributed by atoms with Crippen LogP contribution >= 0.6 is 11.8 Å². The van der Waals surface area contributed by atoms with Crippen LogP contribution in [0.25, 0.3) is 21.7 Å². The highest BCUT2D eigenvalue weighted by atomic mass is 32.2. The van der Waals surface area contributed by atoms with Crippen molar-refractivity contribution in [3.63, 3.8) is 0 Å². The Morgan fingerprint density at radius 3 is 1.78 bits per heavy atom. The molecule has 13 atom stereocenters. The zero-order valence-corrected chi connectivity index (χ0v) is 72.9. The Hall–Kier alpha value is -14.1. The van der Waals surface area contributed by atoms with Gasteiger partial charge in [0.15, 0.2) is 5.96 Å². The Morgan fingerprint density at radius 2 is 1.15 bits per heavy atom. The second-order valence-corrected chi connectivity index (χ2v) is 32.7. The number of hydrogen-bond donors (Lipinski definition) is 25. The minimum atomic E-state index is -2.12. The smallest absolute Gasteiger partial charge is 0.303 e. The number of primary amides is 5. The zero-order chi connectivity index (χ0) is 96.2. The van der Waals surface area contributed by atoms with Crippen LogP contribution in [0.5, 0.6) is 5.75 Å². The van der Waals surface area contributed by atoms with Gasteiger partial charge in [-0.3, -0.25) is 96.5 Å². The topological polar surface area (TPSA) is 773 Å². The number of thioether (sulfide) groups is 1. The third-order valence-corrected chi connectivity index (χ3v) is 22.3. The van der Waals surface area contributed by atoms with Crippen molar-refractivity contribution >= 4 is 152 Å². The molecular formula is C84H115N23O23S. The summed E-state index contributed by atoms with van der Waals surface area (Å²) in [6.07, 6.45) is -7.86. The zero-order valence-electron chi connectivity index (χ0n) is 72.1. The van der Waals surface area contributed by atoms with Gasteiger partial charge in [0.1, 0.15) is 90.4 Å². The van der Waals surface area contributed by atoms with Crippen LogP contribution in [0.1, 0.15) is 120 Å². The molecule has 7 rings (SSSR count). The number of rotatable bonds is 44. The summed E-state index contributed by atoms with van der Waals surface area (Å²) in [7, 11) is 0. The quantitative estimate of drug-likeness (QED) is 0.00979. The Kier molecular flexibility index (Phi) is 40.6. The molecule has 0 aliphatic carbocycles. The molecule has 2 fully saturated rings. The number of aromatic nitrogens is 1. The Bertz CT molecular complexity index is 4970. The Balaban J connectivity index is 1.34. The molecule has 3 heterocycles. The van der Waals surface area contributed by atoms with Gasteiger partial charge in [0, 0.05) is 107 Å². The van der Waals surface area contributed by atoms with E-state index in [4.69, 9.17) is 55.0 Å². The number of guanidine groups is 1. The molecule has 4 aromatic carbocycles. The maximum Gasteiger partial charge on any atom is 0.303 e. The second-order valence-electron chi connectivity index (χ2n) is 31.6. The average molecular weight is 1850 g/mol. The number of unbranched alkanes of at least 4 members (excludes halogenated alkanes) is 1. The molecule has 2 saturated heterocycles. The van der Waals surface area contributed by atoms with Crippen LogP contribution in [0.2, 0.25) is 0 Å². The van der Waals surface area contributed by atoms with E-state index in [0.717, 1.165) is 31.0 Å². The van der Waals surface area contributed by atoms with Gasteiger partial charge >= 0.3 is 5.97 Å². The fraction of sp³-hybridized carbons (Fsp3) is 0.476. The summed E-state index contributed by atoms with van der Waals surface area (Å²) in [6, 6.07) is 3.50. The first-order valence-electron chi connectivity index (χ1n) is 42.2. The van der Waals surface area contributed by atoms with Crippen LogP contribution in [-0.2, 0) is 115 Å². The summed E-state index contributed by atoms with van der Waals surface area (Å²) in [6.45, 7) is 2.11. The minimum absolute atomic E-state index is 0.0475. The summed E-state index contributed by atoms with van der Waals surface area (Å²) in [5.41, 5.74) is 38.1. The number of ether oxygens (including phenoxy) is 2. The molecule has 710 valence electrons. The first-order chi connectivity index (χ1) is 62.2. The van der Waals surface area contributed by atoms with Gasteiger partial charge in [0.05, 0.1) is 18.9 Å². The van der Waals surface area contributed by atoms with Crippen molar-refractivity contribution < 1.29 is 111 Å². The summed E-state index contributed by atoms with van der Waals surface area (Å²) >= 11 is 0.841. The Morgan fingerprint density at radius 1 is 0.588 bits per heavy atom. The van der Waals surface area contributed by atoms with Gasteiger partial charge < -0.3 is 139 Å². The average Bonchev–Trinajstić information content (AvgIpc) is 1.53. The number of H-pyrrole nitrogens is 1. The van der Waals surface area contributed by atoms with E-state index in [-0.39, 0.29) is 70.3 Å². The van der Waals surface area contributed by atoms with Gasteiger partial charge in [-0.2, -0.15) is 11.8 Å². The number of hydrogen-bond acceptors (Lipinski definition) is 25. The molecule has 32 N–H and O–H groups in total. The fourth-order valence-corrected chi connectivity index (χ4v) is 15.3. The van der Waals surface area contributed by atoms with Crippen molar-refractivity contribution in [2.24, 2.45) is 40.1 Å². The predicted molar refractivity (Wildman–Crippen MR) is 472 cm³/mol. The lowest BCUT2D eigenvalue weighted by Gasteiger charge is -2.38. The summed E-state index contributed by atoms with van der Waals surface area (Å²) in [4.78, 5) is 270. The Labute approximate surface area is 755 Å². The molecule has 0 saturated carbocycles. The standard InChI is InChI=1S/C84H115N23O23S/c1-43(108)69-81(127)103-61(38-49-41-94-52-12-6-5-11-51(49)52)77(123)97-54(20-23-64(86)110)72(118)104-63(42-131-34-26-57(74(120)96-55(75(121)106-69)21-24-65(87)111)98-71(117)53(95-44(2)109)13-7-8-30-93-83(91)92)79(125)100-59(36-45-15-18-50(19-16-45)130-33-29-85)76(122)101-60(37-46-14-17-47-9-3-4-10-48(47)35-46)80(126)107-84(27-31-129-32-28-84)82(128)105-56(22-25-68(114)115)73(119)102-62(40-67(89)113)78(124)99-58(70(90)116)39-66(88)112/h3-6,9-12,14-19,35,41,43,53-63,69,94,108H,7-8,13,20-34,36-40,42,85H2,1-2H3,(H2,86,110)(H2,87,111)(H2,88,112)(H2,89,113)(H2,90,116)(H,95,109)(H,96,120)(H,97,123)(H,98,117)(H,99,124)(H,100,125)(H,101,122)(H,102,119)(H,103,127)(H,104,118)(H,105,128)(H,106,121)(H,107,126)(H,114,115)(H4,91,92,93)/t43-,53+,54+,55-,56+,57-,58+,59+,60+,61+,62+,63+,69+/m1/s1. The SMILES string of the molecule is CC(=O)N[C@@H](CCCCNC(=N)N)C(=O)N[C@@H]1CCSC[C@@H](C(=O)N[C@@H](Cc2ccc(OCCN)cc2)C(=O)N[C@@H](Cc2ccc3ccccc3c2)C(=O)NC2(C(=O)N[C@@H](CCC(=O)O)C(=O)N[C@@H](CC(N)=O)C(=O)N[C@@H](CC(N)=O)C(N)=O)CCOCC2)NC(=O)[C@H](CCC(N)=O)NC(=O)[C@H](Cc2c[nH]c3ccccc23)NC(=O)[C@H]([C@@H](C)O)NC(=O)[C@@H](CCC(N)=O)NC1=O. The molecule has 18 amide bonds. The van der Waals surface area contributed by atoms with E-state index < -0.39 is 279 Å². The molecule has 0 spiro atoms. The van der Waals surface area contributed by atoms with Crippen molar-refractivity contribution in [2.45, 2.75) is 207 Å². The molecule has 131 heavy (non-hydrogen) atoms. The van der Waals surface area contributed by atoms with Crippen molar-refractivity contribution in [3.05, 3.63) is 114 Å². The number of carboxylic acids is 1. The van der Waals surface area contributed by atoms with Gasteiger partial charge in [-0.25, -0.2) is 0 Å². The molecule has 5 aromatic rings. The molecule has 46 nitrogen and oxygen atoms in total. The number of carboxylic acid groups (broad SMARTS) is 1. The van der Waals surface area contributed by atoms with E-state index in [1.165, 1.54) is 30.5 Å². The first kappa shape index (κ1) is 104. The van der Waals surface area contributed by atoms with Gasteiger partial charge in [-0.15, -0.1) is 0 Å². The van der Waals surface area contributed by atoms with Crippen molar-refractivity contribution in [1.82, 2.24) is 79.4 Å². The number of nitrogens with two attached hydrogens (primary N) is 7. The maximum atomic E-state index is 15.9. The molecule has 0 radical (unpaired) electrons. The van der Waals surface area contributed by atoms with Crippen LogP contribution in [0.15, 0.2) is 97.2 Å². The molecule has 0 unspecified atom stereocenters. The number of aliphatic hydroxyl groups is 1. The van der Waals surface area contributed by atoms with Crippen molar-refractivity contribution in [1.29, 1.82) is 5.41 Å². The highest BCUT2D eigenvalue weighted by Crippen LogP contribution is 2.26. The van der Waals surface area contributed by atoms with E-state index in [1.54, 1.807) is 66.7 Å². The number of nitrogens with one attached hydrogen (secondary N) is 16. The van der Waals surface area contributed by atoms with E-state index in [1.807, 2.05) is 0 Å². The number of aromatic amines is 1. The monoisotopic (exact) mass is 1850 g/mol. The van der Waals surface area contributed by atoms with Crippen LogP contribution in [0.4, 0.5) is 0 Å². The van der Waals surface area contributed by atoms with E-state index in [9.17, 15) is 72.5 Å². The molecule has 47 heteroatoms. The van der Waals surface area contributed by atoms with E-state index in [2.05, 4.69) is 79.4 Å². The third-order valence-electron chi connectivity index (χ3n) is 21.2. The number of para-hydroxylation sites is 1.